The number of aromatic hydroxyl groups is 1. The lowest BCUT2D eigenvalue weighted by Crippen LogP contribution is -2.58. The first-order chi connectivity index (χ1) is 23.1. The first-order valence-electron chi connectivity index (χ1n) is 16.0. The number of aliphatic carboxylic acids is 1. The molecule has 0 aliphatic carbocycles. The number of carbonyl (C=O) groups excluding carboxylic acids is 5. The van der Waals surface area contributed by atoms with Crippen LogP contribution in [-0.4, -0.2) is 80.9 Å². The molecule has 0 fully saturated rings. The highest BCUT2D eigenvalue weighted by atomic mass is 16.4. The number of phenols is 1. The third-order valence-electron chi connectivity index (χ3n) is 7.85. The number of benzene rings is 2. The Morgan fingerprint density at radius 1 is 0.776 bits per heavy atom. The number of nitrogens with two attached hydrogens (primary N) is 2. The number of amides is 5. The monoisotopic (exact) mass is 679 g/mol. The minimum Gasteiger partial charge on any atom is -0.508 e. The second kappa shape index (κ2) is 17.6. The molecule has 0 unspecified atom stereocenters. The van der Waals surface area contributed by atoms with Crippen molar-refractivity contribution in [2.45, 2.75) is 83.1 Å². The predicted molar refractivity (Wildman–Crippen MR) is 181 cm³/mol. The molecule has 1 aromatic heterocycles. The van der Waals surface area contributed by atoms with E-state index < -0.39 is 65.7 Å². The van der Waals surface area contributed by atoms with Crippen molar-refractivity contribution in [2.24, 2.45) is 17.4 Å². The first kappa shape index (κ1) is 38.0. The predicted octanol–water partition coefficient (Wildman–Crippen LogP) is 0.341. The average molecular weight is 680 g/mol. The molecule has 0 saturated heterocycles. The van der Waals surface area contributed by atoms with Gasteiger partial charge in [0.15, 0.2) is 0 Å². The molecular weight excluding hydrogens is 634 g/mol. The number of primary amides is 1. The minimum absolute atomic E-state index is 0.0209. The maximum Gasteiger partial charge on any atom is 0.326 e. The van der Waals surface area contributed by atoms with Gasteiger partial charge in [-0.2, -0.15) is 0 Å². The highest BCUT2D eigenvalue weighted by Gasteiger charge is 2.32. The van der Waals surface area contributed by atoms with Crippen LogP contribution in [0.5, 0.6) is 5.75 Å². The van der Waals surface area contributed by atoms with Crippen molar-refractivity contribution in [1.29, 1.82) is 0 Å². The molecule has 3 rings (SSSR count). The van der Waals surface area contributed by atoms with Gasteiger partial charge in [-0.1, -0.05) is 44.2 Å². The molecule has 11 N–H and O–H groups in total. The zero-order valence-electron chi connectivity index (χ0n) is 27.7. The van der Waals surface area contributed by atoms with Gasteiger partial charge in [0.05, 0.1) is 6.04 Å². The van der Waals surface area contributed by atoms with Gasteiger partial charge in [-0.3, -0.25) is 24.0 Å². The SMILES string of the molecule is CC(C)C[C@H](NC(=O)[C@H](CCC(N)=O)NC(=O)[C@H](C)NC(=O)[C@@H](N)Cc1ccc(O)cc1)C(=O)N[C@@H](Cc1c[nH]c2ccccc12)C(=O)O. The van der Waals surface area contributed by atoms with E-state index in [2.05, 4.69) is 26.3 Å². The van der Waals surface area contributed by atoms with E-state index in [9.17, 15) is 39.0 Å². The second-order valence-corrected chi connectivity index (χ2v) is 12.4. The number of hydrogen-bond acceptors (Lipinski definition) is 8. The molecule has 5 amide bonds. The summed E-state index contributed by atoms with van der Waals surface area (Å²) in [4.78, 5) is 79.5. The van der Waals surface area contributed by atoms with Crippen LogP contribution in [0.2, 0.25) is 0 Å². The molecule has 15 nitrogen and oxygen atoms in total. The zero-order valence-corrected chi connectivity index (χ0v) is 27.7. The van der Waals surface area contributed by atoms with Gasteiger partial charge in [0, 0.05) is 29.9 Å². The molecule has 0 spiro atoms. The average Bonchev–Trinajstić information content (AvgIpc) is 3.45. The molecule has 0 saturated carbocycles. The van der Waals surface area contributed by atoms with Gasteiger partial charge in [-0.05, 0) is 61.4 Å². The van der Waals surface area contributed by atoms with E-state index in [0.717, 1.165) is 10.9 Å². The summed E-state index contributed by atoms with van der Waals surface area (Å²) >= 11 is 0. The number of para-hydroxylation sites is 1. The van der Waals surface area contributed by atoms with Crippen molar-refractivity contribution in [3.05, 3.63) is 65.9 Å². The van der Waals surface area contributed by atoms with Crippen LogP contribution < -0.4 is 32.7 Å². The summed E-state index contributed by atoms with van der Waals surface area (Å²) in [6.45, 7) is 5.02. The van der Waals surface area contributed by atoms with Crippen LogP contribution in [0.25, 0.3) is 10.9 Å². The van der Waals surface area contributed by atoms with E-state index >= 15 is 0 Å². The highest BCUT2D eigenvalue weighted by Crippen LogP contribution is 2.19. The summed E-state index contributed by atoms with van der Waals surface area (Å²) in [6.07, 6.45) is 1.45. The summed E-state index contributed by atoms with van der Waals surface area (Å²) in [6, 6.07) is 7.49. The summed E-state index contributed by atoms with van der Waals surface area (Å²) in [5.41, 5.74) is 13.5. The Balaban J connectivity index is 1.68. The number of fused-ring (bicyclic) bond motifs is 1. The van der Waals surface area contributed by atoms with Crippen LogP contribution in [-0.2, 0) is 41.6 Å². The van der Waals surface area contributed by atoms with Gasteiger partial charge in [0.1, 0.15) is 29.9 Å². The molecule has 0 radical (unpaired) electrons. The standard InChI is InChI=1S/C34H45N7O8/c1-18(2)14-27(33(47)41-28(34(48)49)16-21-17-37-25-7-5-4-6-23(21)25)40-32(46)26(12-13-29(36)43)39-30(44)19(3)38-31(45)24(35)15-20-8-10-22(42)11-9-20/h4-11,17-19,24,26-28,37,42H,12-16,35H2,1-3H3,(H2,36,43)(H,38,45)(H,39,44)(H,40,46)(H,41,47)(H,48,49)/t19-,24-,26-,27-,28-/m0/s1. The lowest BCUT2D eigenvalue weighted by molar-refractivity contribution is -0.142. The van der Waals surface area contributed by atoms with Gasteiger partial charge in [-0.15, -0.1) is 0 Å². The number of hydrogen-bond donors (Lipinski definition) is 9. The molecule has 0 aliphatic heterocycles. The number of H-pyrrole nitrogens is 1. The number of rotatable bonds is 18. The molecule has 15 heteroatoms. The largest absolute Gasteiger partial charge is 0.508 e. The van der Waals surface area contributed by atoms with Crippen LogP contribution >= 0.6 is 0 Å². The lowest BCUT2D eigenvalue weighted by atomic mass is 10.0. The molecule has 5 atom stereocenters. The van der Waals surface area contributed by atoms with Crippen LogP contribution in [0.3, 0.4) is 0 Å². The Kier molecular flexibility index (Phi) is 13.7. The number of carbonyl (C=O) groups is 6. The molecule has 0 aliphatic rings. The highest BCUT2D eigenvalue weighted by molar-refractivity contribution is 5.95. The van der Waals surface area contributed by atoms with Crippen molar-refractivity contribution in [3.63, 3.8) is 0 Å². The van der Waals surface area contributed by atoms with E-state index in [1.54, 1.807) is 18.3 Å². The number of carboxylic acid groups (broad SMARTS) is 1. The molecular formula is C34H45N7O8. The van der Waals surface area contributed by atoms with E-state index in [-0.39, 0.29) is 43.8 Å². The topological polar surface area (TPSA) is 259 Å². The quantitative estimate of drug-likeness (QED) is 0.0897. The van der Waals surface area contributed by atoms with Crippen LogP contribution in [0.15, 0.2) is 54.7 Å². The number of nitrogens with one attached hydrogen (secondary N) is 5. The maximum atomic E-state index is 13.5. The Morgan fingerprint density at radius 2 is 1.39 bits per heavy atom. The van der Waals surface area contributed by atoms with Crippen LogP contribution in [0, 0.1) is 5.92 Å². The normalized spacial score (nSPS) is 14.2. The van der Waals surface area contributed by atoms with Crippen molar-refractivity contribution in [2.75, 3.05) is 0 Å². The van der Waals surface area contributed by atoms with E-state index in [4.69, 9.17) is 11.5 Å². The van der Waals surface area contributed by atoms with E-state index in [0.29, 0.717) is 11.1 Å². The van der Waals surface area contributed by atoms with Crippen molar-refractivity contribution >= 4 is 46.4 Å². The minimum atomic E-state index is -1.33. The van der Waals surface area contributed by atoms with Gasteiger partial charge in [0.2, 0.25) is 29.5 Å². The van der Waals surface area contributed by atoms with Crippen LogP contribution in [0.4, 0.5) is 0 Å². The Bertz CT molecular complexity index is 1640. The third-order valence-corrected chi connectivity index (χ3v) is 7.85. The second-order valence-electron chi connectivity index (χ2n) is 12.4. The zero-order chi connectivity index (χ0) is 36.2. The number of aromatic amines is 1. The molecule has 49 heavy (non-hydrogen) atoms. The molecule has 2 aromatic carbocycles. The van der Waals surface area contributed by atoms with Crippen molar-refractivity contribution in [1.82, 2.24) is 26.3 Å². The lowest BCUT2D eigenvalue weighted by Gasteiger charge is -2.26. The fourth-order valence-electron chi connectivity index (χ4n) is 5.18. The van der Waals surface area contributed by atoms with Crippen LogP contribution in [0.1, 0.15) is 51.2 Å². The fraction of sp³-hybridized carbons (Fsp3) is 0.412. The molecule has 264 valence electrons. The number of carboxylic acids is 1. The van der Waals surface area contributed by atoms with Gasteiger partial charge >= 0.3 is 5.97 Å². The Hall–Kier alpha value is -5.44. The van der Waals surface area contributed by atoms with Crippen molar-refractivity contribution < 1.29 is 39.0 Å². The third kappa shape index (κ3) is 11.6. The maximum absolute atomic E-state index is 13.5. The first-order valence-corrected chi connectivity index (χ1v) is 16.0. The van der Waals surface area contributed by atoms with Gasteiger partial charge in [0.25, 0.3) is 0 Å². The Labute approximate surface area is 283 Å². The number of phenolic OH excluding ortho intramolecular Hbond substituents is 1. The molecule has 1 heterocycles. The van der Waals surface area contributed by atoms with E-state index in [1.807, 2.05) is 38.1 Å². The van der Waals surface area contributed by atoms with E-state index in [1.165, 1.54) is 19.1 Å². The summed E-state index contributed by atoms with van der Waals surface area (Å²) in [5.74, 6) is -4.98. The number of aromatic nitrogens is 1. The van der Waals surface area contributed by atoms with Gasteiger partial charge in [-0.25, -0.2) is 4.79 Å². The smallest absolute Gasteiger partial charge is 0.326 e. The Morgan fingerprint density at radius 3 is 2.02 bits per heavy atom. The summed E-state index contributed by atoms with van der Waals surface area (Å²) < 4.78 is 0. The molecule has 3 aromatic rings. The van der Waals surface area contributed by atoms with Gasteiger partial charge < -0.3 is 47.9 Å². The van der Waals surface area contributed by atoms with Crippen molar-refractivity contribution in [3.8, 4) is 5.75 Å². The summed E-state index contributed by atoms with van der Waals surface area (Å²) in [7, 11) is 0. The molecule has 0 bridgehead atoms. The fourth-order valence-corrected chi connectivity index (χ4v) is 5.18. The summed E-state index contributed by atoms with van der Waals surface area (Å²) in [5, 5.41) is 30.3.